The molecule has 112 valence electrons. The van der Waals surface area contributed by atoms with Crippen LogP contribution >= 0.6 is 0 Å². The van der Waals surface area contributed by atoms with E-state index in [-0.39, 0.29) is 11.7 Å². The van der Waals surface area contributed by atoms with Crippen LogP contribution in [-0.2, 0) is 7.05 Å². The Morgan fingerprint density at radius 1 is 1.29 bits per heavy atom. The van der Waals surface area contributed by atoms with Gasteiger partial charge in [0.15, 0.2) is 5.69 Å². The van der Waals surface area contributed by atoms with Crippen molar-refractivity contribution in [2.24, 2.45) is 7.05 Å². The van der Waals surface area contributed by atoms with Crippen molar-refractivity contribution in [3.05, 3.63) is 18.1 Å². The summed E-state index contributed by atoms with van der Waals surface area (Å²) < 4.78 is 3.46. The zero-order valence-corrected chi connectivity index (χ0v) is 12.1. The second-order valence-electron chi connectivity index (χ2n) is 5.58. The Balaban J connectivity index is 2.05. The van der Waals surface area contributed by atoms with E-state index >= 15 is 0 Å². The second kappa shape index (κ2) is 5.67. The molecule has 3 rings (SSSR count). The van der Waals surface area contributed by atoms with Gasteiger partial charge in [0.2, 0.25) is 0 Å². The van der Waals surface area contributed by atoms with Crippen LogP contribution in [0.15, 0.2) is 12.4 Å². The SMILES string of the molecule is Cn1cc(-c2c(C(=O)O)nnn2C2CCCCCC2)cn1. The predicted octanol–water partition coefficient (Wildman–Crippen LogP) is 2.27. The van der Waals surface area contributed by atoms with Crippen molar-refractivity contribution in [1.29, 1.82) is 0 Å². The van der Waals surface area contributed by atoms with Gasteiger partial charge in [0.05, 0.1) is 12.2 Å². The Morgan fingerprint density at radius 2 is 2.00 bits per heavy atom. The Morgan fingerprint density at radius 3 is 2.57 bits per heavy atom. The van der Waals surface area contributed by atoms with Gasteiger partial charge in [0, 0.05) is 18.8 Å². The fourth-order valence-electron chi connectivity index (χ4n) is 3.01. The van der Waals surface area contributed by atoms with E-state index in [2.05, 4.69) is 15.4 Å². The molecule has 1 saturated carbocycles. The molecule has 7 nitrogen and oxygen atoms in total. The summed E-state index contributed by atoms with van der Waals surface area (Å²) in [5, 5.41) is 21.5. The molecule has 2 aromatic rings. The minimum Gasteiger partial charge on any atom is -0.476 e. The lowest BCUT2D eigenvalue weighted by Crippen LogP contribution is -2.12. The summed E-state index contributed by atoms with van der Waals surface area (Å²) in [6, 6.07) is 0.225. The first kappa shape index (κ1) is 13.8. The molecule has 2 heterocycles. The highest BCUT2D eigenvalue weighted by Gasteiger charge is 2.26. The largest absolute Gasteiger partial charge is 0.476 e. The predicted molar refractivity (Wildman–Crippen MR) is 75.9 cm³/mol. The topological polar surface area (TPSA) is 85.8 Å². The maximum absolute atomic E-state index is 11.4. The second-order valence-corrected chi connectivity index (χ2v) is 5.58. The van der Waals surface area contributed by atoms with Gasteiger partial charge in [-0.1, -0.05) is 30.9 Å². The van der Waals surface area contributed by atoms with Gasteiger partial charge >= 0.3 is 5.97 Å². The van der Waals surface area contributed by atoms with Gasteiger partial charge in [-0.25, -0.2) is 9.48 Å². The molecule has 0 unspecified atom stereocenters. The van der Waals surface area contributed by atoms with E-state index in [1.165, 1.54) is 12.8 Å². The van der Waals surface area contributed by atoms with Crippen molar-refractivity contribution in [3.8, 4) is 11.3 Å². The van der Waals surface area contributed by atoms with Crippen LogP contribution in [0.1, 0.15) is 55.1 Å². The van der Waals surface area contributed by atoms with Crippen LogP contribution < -0.4 is 0 Å². The van der Waals surface area contributed by atoms with Crippen LogP contribution in [0.3, 0.4) is 0 Å². The fraction of sp³-hybridized carbons (Fsp3) is 0.571. The Kier molecular flexibility index (Phi) is 3.72. The van der Waals surface area contributed by atoms with E-state index in [9.17, 15) is 9.90 Å². The maximum atomic E-state index is 11.4. The lowest BCUT2D eigenvalue weighted by molar-refractivity contribution is 0.0691. The molecule has 0 bridgehead atoms. The van der Waals surface area contributed by atoms with Crippen molar-refractivity contribution >= 4 is 5.97 Å². The summed E-state index contributed by atoms with van der Waals surface area (Å²) in [5.74, 6) is -1.05. The molecule has 0 spiro atoms. The monoisotopic (exact) mass is 289 g/mol. The molecule has 1 aliphatic carbocycles. The average Bonchev–Trinajstić information content (AvgIpc) is 2.97. The number of rotatable bonds is 3. The van der Waals surface area contributed by atoms with Crippen LogP contribution in [0, 0.1) is 0 Å². The van der Waals surface area contributed by atoms with Crippen LogP contribution in [0.5, 0.6) is 0 Å². The molecular formula is C14H19N5O2. The van der Waals surface area contributed by atoms with Crippen molar-refractivity contribution in [1.82, 2.24) is 24.8 Å². The number of carboxylic acids is 1. The highest BCUT2D eigenvalue weighted by molar-refractivity contribution is 5.92. The van der Waals surface area contributed by atoms with Crippen LogP contribution in [0.2, 0.25) is 0 Å². The summed E-state index contributed by atoms with van der Waals surface area (Å²) in [7, 11) is 1.81. The van der Waals surface area contributed by atoms with E-state index in [1.54, 1.807) is 21.8 Å². The van der Waals surface area contributed by atoms with E-state index in [4.69, 9.17) is 0 Å². The minimum atomic E-state index is -1.05. The van der Waals surface area contributed by atoms with E-state index in [0.717, 1.165) is 31.2 Å². The lowest BCUT2D eigenvalue weighted by atomic mass is 10.1. The Hall–Kier alpha value is -2.18. The first-order chi connectivity index (χ1) is 10.2. The Labute approximate surface area is 122 Å². The summed E-state index contributed by atoms with van der Waals surface area (Å²) >= 11 is 0. The molecule has 1 fully saturated rings. The third-order valence-electron chi connectivity index (χ3n) is 4.05. The van der Waals surface area contributed by atoms with Gasteiger partial charge < -0.3 is 5.11 Å². The number of carboxylic acid groups (broad SMARTS) is 1. The molecule has 1 aliphatic rings. The zero-order valence-electron chi connectivity index (χ0n) is 12.1. The number of carbonyl (C=O) groups is 1. The number of hydrogen-bond donors (Lipinski definition) is 1. The summed E-state index contributed by atoms with van der Waals surface area (Å²) in [4.78, 5) is 11.4. The quantitative estimate of drug-likeness (QED) is 0.876. The number of aromatic carboxylic acids is 1. The molecule has 0 radical (unpaired) electrons. The van der Waals surface area contributed by atoms with Crippen LogP contribution in [0.4, 0.5) is 0 Å². The minimum absolute atomic E-state index is 0.00671. The maximum Gasteiger partial charge on any atom is 0.358 e. The normalized spacial score (nSPS) is 16.8. The molecule has 0 atom stereocenters. The molecule has 0 aliphatic heterocycles. The fourth-order valence-corrected chi connectivity index (χ4v) is 3.01. The van der Waals surface area contributed by atoms with Crippen molar-refractivity contribution in [2.45, 2.75) is 44.6 Å². The van der Waals surface area contributed by atoms with Gasteiger partial charge in [-0.2, -0.15) is 5.10 Å². The molecule has 1 N–H and O–H groups in total. The molecule has 2 aromatic heterocycles. The Bertz CT molecular complexity index is 638. The van der Waals surface area contributed by atoms with Gasteiger partial charge in [-0.05, 0) is 12.8 Å². The lowest BCUT2D eigenvalue weighted by Gasteiger charge is -2.16. The molecule has 0 amide bonds. The van der Waals surface area contributed by atoms with E-state index in [0.29, 0.717) is 5.69 Å². The molecule has 0 saturated heterocycles. The van der Waals surface area contributed by atoms with Gasteiger partial charge in [0.25, 0.3) is 0 Å². The number of nitrogens with zero attached hydrogens (tertiary/aromatic N) is 5. The first-order valence-corrected chi connectivity index (χ1v) is 7.34. The van der Waals surface area contributed by atoms with Gasteiger partial charge in [-0.15, -0.1) is 5.10 Å². The average molecular weight is 289 g/mol. The zero-order chi connectivity index (χ0) is 14.8. The molecular weight excluding hydrogens is 270 g/mol. The summed E-state index contributed by atoms with van der Waals surface area (Å²) in [6.45, 7) is 0. The van der Waals surface area contributed by atoms with Crippen LogP contribution in [-0.4, -0.2) is 35.9 Å². The number of hydrogen-bond acceptors (Lipinski definition) is 4. The third kappa shape index (κ3) is 2.68. The van der Waals surface area contributed by atoms with E-state index < -0.39 is 5.97 Å². The van der Waals surface area contributed by atoms with Gasteiger partial charge in [-0.3, -0.25) is 4.68 Å². The van der Waals surface area contributed by atoms with Crippen LogP contribution in [0.25, 0.3) is 11.3 Å². The highest BCUT2D eigenvalue weighted by atomic mass is 16.4. The number of aryl methyl sites for hydroxylation is 1. The first-order valence-electron chi connectivity index (χ1n) is 7.34. The highest BCUT2D eigenvalue weighted by Crippen LogP contribution is 2.32. The third-order valence-corrected chi connectivity index (χ3v) is 4.05. The molecule has 7 heteroatoms. The number of aromatic nitrogens is 5. The smallest absolute Gasteiger partial charge is 0.358 e. The van der Waals surface area contributed by atoms with Crippen molar-refractivity contribution in [2.75, 3.05) is 0 Å². The van der Waals surface area contributed by atoms with E-state index in [1.807, 2.05) is 7.05 Å². The molecule has 21 heavy (non-hydrogen) atoms. The summed E-state index contributed by atoms with van der Waals surface area (Å²) in [6.07, 6.45) is 10.3. The molecule has 0 aromatic carbocycles. The summed E-state index contributed by atoms with van der Waals surface area (Å²) in [5.41, 5.74) is 1.33. The van der Waals surface area contributed by atoms with Gasteiger partial charge in [0.1, 0.15) is 5.69 Å². The van der Waals surface area contributed by atoms with Crippen molar-refractivity contribution in [3.63, 3.8) is 0 Å². The van der Waals surface area contributed by atoms with Crippen molar-refractivity contribution < 1.29 is 9.90 Å². The standard InChI is InChI=1S/C14H19N5O2/c1-18-9-10(8-15-18)13-12(14(20)21)16-17-19(13)11-6-4-2-3-5-7-11/h8-9,11H,2-7H2,1H3,(H,20,21).